The Morgan fingerprint density at radius 1 is 1.10 bits per heavy atom. The Hall–Kier alpha value is -3.29. The van der Waals surface area contributed by atoms with Crippen LogP contribution in [0.15, 0.2) is 48.5 Å². The van der Waals surface area contributed by atoms with Crippen molar-refractivity contribution < 1.29 is 22.8 Å². The Balaban J connectivity index is 1.48. The van der Waals surface area contributed by atoms with Crippen LogP contribution < -0.4 is 10.6 Å². The summed E-state index contributed by atoms with van der Waals surface area (Å²) in [6, 6.07) is 14.3. The molecule has 1 heterocycles. The Morgan fingerprint density at radius 3 is 2.47 bits per heavy atom. The number of aromatic amines is 1. The van der Waals surface area contributed by atoms with Gasteiger partial charge in [0.15, 0.2) is 0 Å². The molecule has 1 aromatic heterocycles. The highest BCUT2D eigenvalue weighted by molar-refractivity contribution is 6.03. The standard InChI is InChI=1S/C22H20F3N3O2/c1-26-21(30)19-10-16-15(3-2-4-18(16)28-19)12-5-7-13(8-6-12)20(29)27-11-14-9-17(14)22(23,24)25/h2-8,10,14,17,28H,9,11H2,1H3,(H,26,30)(H,27,29)/t14-,17+/m0/s1. The van der Waals surface area contributed by atoms with Crippen molar-refractivity contribution in [3.63, 3.8) is 0 Å². The van der Waals surface area contributed by atoms with Crippen LogP contribution in [0, 0.1) is 11.8 Å². The fraction of sp³-hybridized carbons (Fsp3) is 0.273. The fourth-order valence-electron chi connectivity index (χ4n) is 3.67. The molecular weight excluding hydrogens is 395 g/mol. The van der Waals surface area contributed by atoms with Crippen LogP contribution in [-0.4, -0.2) is 36.6 Å². The molecule has 0 unspecified atom stereocenters. The summed E-state index contributed by atoms with van der Waals surface area (Å²) in [5.41, 5.74) is 3.41. The summed E-state index contributed by atoms with van der Waals surface area (Å²) in [5.74, 6) is -2.45. The van der Waals surface area contributed by atoms with Gasteiger partial charge in [0.2, 0.25) is 0 Å². The van der Waals surface area contributed by atoms with Crippen molar-refractivity contribution in [2.24, 2.45) is 11.8 Å². The van der Waals surface area contributed by atoms with Crippen molar-refractivity contribution >= 4 is 22.7 Å². The topological polar surface area (TPSA) is 74.0 Å². The molecular formula is C22H20F3N3O2. The smallest absolute Gasteiger partial charge is 0.354 e. The number of halogens is 3. The van der Waals surface area contributed by atoms with Crippen molar-refractivity contribution in [1.29, 1.82) is 0 Å². The molecule has 3 aromatic rings. The number of alkyl halides is 3. The average Bonchev–Trinajstić information content (AvgIpc) is 3.41. The predicted octanol–water partition coefficient (Wildman–Crippen LogP) is 4.12. The molecule has 4 rings (SSSR count). The van der Waals surface area contributed by atoms with Crippen LogP contribution >= 0.6 is 0 Å². The Morgan fingerprint density at radius 2 is 1.83 bits per heavy atom. The van der Waals surface area contributed by atoms with E-state index in [1.165, 1.54) is 0 Å². The lowest BCUT2D eigenvalue weighted by molar-refractivity contribution is -0.150. The summed E-state index contributed by atoms with van der Waals surface area (Å²) in [5, 5.41) is 6.04. The van der Waals surface area contributed by atoms with E-state index < -0.39 is 23.9 Å². The van der Waals surface area contributed by atoms with Crippen LogP contribution in [0.25, 0.3) is 22.0 Å². The molecule has 1 fully saturated rings. The van der Waals surface area contributed by atoms with E-state index in [1.807, 2.05) is 18.2 Å². The first kappa shape index (κ1) is 20.0. The van der Waals surface area contributed by atoms with E-state index in [4.69, 9.17) is 0 Å². The third kappa shape index (κ3) is 3.90. The van der Waals surface area contributed by atoms with Crippen LogP contribution in [0.2, 0.25) is 0 Å². The van der Waals surface area contributed by atoms with E-state index in [2.05, 4.69) is 15.6 Å². The first-order valence-corrected chi connectivity index (χ1v) is 9.57. The third-order valence-electron chi connectivity index (χ3n) is 5.46. The van der Waals surface area contributed by atoms with Crippen LogP contribution in [0.4, 0.5) is 13.2 Å². The number of benzene rings is 2. The number of carbonyl (C=O) groups is 2. The molecule has 2 aromatic carbocycles. The van der Waals surface area contributed by atoms with Gasteiger partial charge in [-0.1, -0.05) is 24.3 Å². The zero-order valence-corrected chi connectivity index (χ0v) is 16.1. The van der Waals surface area contributed by atoms with Crippen molar-refractivity contribution in [3.8, 4) is 11.1 Å². The number of carbonyl (C=O) groups excluding carboxylic acids is 2. The van der Waals surface area contributed by atoms with E-state index in [-0.39, 0.29) is 18.9 Å². The fourth-order valence-corrected chi connectivity index (χ4v) is 3.67. The number of hydrogen-bond donors (Lipinski definition) is 3. The molecule has 156 valence electrons. The molecule has 8 heteroatoms. The first-order valence-electron chi connectivity index (χ1n) is 9.57. The number of H-pyrrole nitrogens is 1. The highest BCUT2D eigenvalue weighted by Gasteiger charge is 2.55. The molecule has 1 aliphatic carbocycles. The minimum atomic E-state index is -4.19. The van der Waals surface area contributed by atoms with E-state index in [1.54, 1.807) is 37.4 Å². The average molecular weight is 415 g/mol. The summed E-state index contributed by atoms with van der Waals surface area (Å²) < 4.78 is 37.8. The minimum absolute atomic E-state index is 0.0235. The maximum absolute atomic E-state index is 12.6. The molecule has 1 saturated carbocycles. The molecule has 2 amide bonds. The Labute approximate surface area is 170 Å². The largest absolute Gasteiger partial charge is 0.392 e. The van der Waals surface area contributed by atoms with Gasteiger partial charge in [0.25, 0.3) is 11.8 Å². The Kier molecular flexibility index (Phi) is 5.01. The Bertz CT molecular complexity index is 1100. The predicted molar refractivity (Wildman–Crippen MR) is 107 cm³/mol. The second-order valence-corrected chi connectivity index (χ2v) is 7.46. The highest BCUT2D eigenvalue weighted by atomic mass is 19.4. The quantitative estimate of drug-likeness (QED) is 0.586. The maximum atomic E-state index is 12.6. The van der Waals surface area contributed by atoms with Gasteiger partial charge >= 0.3 is 6.18 Å². The number of nitrogens with one attached hydrogen (secondary N) is 3. The van der Waals surface area contributed by atoms with Gasteiger partial charge in [0.1, 0.15) is 5.69 Å². The lowest BCUT2D eigenvalue weighted by Crippen LogP contribution is -2.27. The van der Waals surface area contributed by atoms with Crippen molar-refractivity contribution in [2.75, 3.05) is 13.6 Å². The maximum Gasteiger partial charge on any atom is 0.392 e. The van der Waals surface area contributed by atoms with Crippen LogP contribution in [-0.2, 0) is 0 Å². The third-order valence-corrected chi connectivity index (χ3v) is 5.46. The SMILES string of the molecule is CNC(=O)c1cc2c(-c3ccc(C(=O)NC[C@@H]4C[C@H]4C(F)(F)F)cc3)cccc2[nH]1. The van der Waals surface area contributed by atoms with Gasteiger partial charge in [-0.05, 0) is 47.7 Å². The van der Waals surface area contributed by atoms with Crippen molar-refractivity contribution in [1.82, 2.24) is 15.6 Å². The normalized spacial score (nSPS) is 18.3. The minimum Gasteiger partial charge on any atom is -0.354 e. The van der Waals surface area contributed by atoms with Gasteiger partial charge in [0, 0.05) is 30.1 Å². The van der Waals surface area contributed by atoms with Crippen molar-refractivity contribution in [3.05, 3.63) is 59.8 Å². The van der Waals surface area contributed by atoms with Gasteiger partial charge in [-0.15, -0.1) is 0 Å². The van der Waals surface area contributed by atoms with E-state index >= 15 is 0 Å². The summed E-state index contributed by atoms with van der Waals surface area (Å²) in [6.45, 7) is 0.0235. The molecule has 0 bridgehead atoms. The molecule has 0 saturated heterocycles. The monoisotopic (exact) mass is 415 g/mol. The van der Waals surface area contributed by atoms with Crippen LogP contribution in [0.3, 0.4) is 0 Å². The number of aromatic nitrogens is 1. The first-order chi connectivity index (χ1) is 14.3. The zero-order chi connectivity index (χ0) is 21.5. The van der Waals surface area contributed by atoms with E-state index in [0.717, 1.165) is 22.0 Å². The molecule has 2 atom stereocenters. The summed E-state index contributed by atoms with van der Waals surface area (Å²) in [4.78, 5) is 27.2. The molecule has 0 spiro atoms. The van der Waals surface area contributed by atoms with Gasteiger partial charge in [-0.3, -0.25) is 9.59 Å². The molecule has 1 aliphatic rings. The van der Waals surface area contributed by atoms with Gasteiger partial charge in [0.05, 0.1) is 5.92 Å². The molecule has 0 radical (unpaired) electrons. The number of hydrogen-bond acceptors (Lipinski definition) is 2. The number of rotatable bonds is 5. The lowest BCUT2D eigenvalue weighted by Gasteiger charge is -2.08. The molecule has 30 heavy (non-hydrogen) atoms. The second kappa shape index (κ2) is 7.51. The second-order valence-electron chi connectivity index (χ2n) is 7.46. The summed E-state index contributed by atoms with van der Waals surface area (Å²) in [6.07, 6.45) is -4.12. The van der Waals surface area contributed by atoms with E-state index in [9.17, 15) is 22.8 Å². The van der Waals surface area contributed by atoms with Gasteiger partial charge in [-0.2, -0.15) is 13.2 Å². The number of amides is 2. The molecule has 3 N–H and O–H groups in total. The van der Waals surface area contributed by atoms with Crippen LogP contribution in [0.5, 0.6) is 0 Å². The highest BCUT2D eigenvalue weighted by Crippen LogP contribution is 2.49. The summed E-state index contributed by atoms with van der Waals surface area (Å²) in [7, 11) is 1.56. The van der Waals surface area contributed by atoms with Crippen LogP contribution in [0.1, 0.15) is 27.3 Å². The van der Waals surface area contributed by atoms with Gasteiger partial charge < -0.3 is 15.6 Å². The number of fused-ring (bicyclic) bond motifs is 1. The molecule has 0 aliphatic heterocycles. The van der Waals surface area contributed by atoms with Crippen molar-refractivity contribution in [2.45, 2.75) is 12.6 Å². The molecule has 5 nitrogen and oxygen atoms in total. The van der Waals surface area contributed by atoms with Gasteiger partial charge in [-0.25, -0.2) is 0 Å². The zero-order valence-electron chi connectivity index (χ0n) is 16.1. The lowest BCUT2D eigenvalue weighted by atomic mass is 10.00. The summed E-state index contributed by atoms with van der Waals surface area (Å²) >= 11 is 0. The van der Waals surface area contributed by atoms with E-state index in [0.29, 0.717) is 11.3 Å².